The first-order valence-electron chi connectivity index (χ1n) is 9.60. The van der Waals surface area contributed by atoms with Crippen LogP contribution in [0.4, 0.5) is 0 Å². The number of rotatable bonds is 5. The lowest BCUT2D eigenvalue weighted by Crippen LogP contribution is -2.55. The molecule has 0 radical (unpaired) electrons. The first-order valence-corrected chi connectivity index (χ1v) is 9.60. The van der Waals surface area contributed by atoms with Gasteiger partial charge in [-0.3, -0.25) is 9.69 Å². The molecule has 0 aromatic heterocycles. The number of morpholine rings is 2. The third-order valence-corrected chi connectivity index (χ3v) is 5.06. The Balaban J connectivity index is 1.59. The minimum atomic E-state index is -0.281. The van der Waals surface area contributed by atoms with Crippen LogP contribution in [0.25, 0.3) is 0 Å². The van der Waals surface area contributed by atoms with Crippen molar-refractivity contribution in [1.29, 1.82) is 0 Å². The summed E-state index contributed by atoms with van der Waals surface area (Å²) in [6.45, 7) is 10.8. The van der Waals surface area contributed by atoms with Crippen molar-refractivity contribution in [3.8, 4) is 0 Å². The van der Waals surface area contributed by atoms with Crippen LogP contribution in [0.15, 0.2) is 24.3 Å². The van der Waals surface area contributed by atoms with Gasteiger partial charge in [-0.25, -0.2) is 0 Å². The van der Waals surface area contributed by atoms with Crippen molar-refractivity contribution in [3.63, 3.8) is 0 Å². The maximum absolute atomic E-state index is 12.5. The SMILES string of the molecule is CC1CN(Cc2ccccc2CNC(=O)[C@H]2NCCO[C@@H]2C)CC(C)O1. The molecule has 2 aliphatic heterocycles. The van der Waals surface area contributed by atoms with Crippen molar-refractivity contribution >= 4 is 5.91 Å². The molecule has 4 atom stereocenters. The minimum absolute atomic E-state index is 0.000574. The molecule has 0 saturated carbocycles. The van der Waals surface area contributed by atoms with E-state index in [1.165, 1.54) is 5.56 Å². The molecule has 6 heteroatoms. The lowest BCUT2D eigenvalue weighted by atomic mass is 10.1. The second-order valence-electron chi connectivity index (χ2n) is 7.45. The van der Waals surface area contributed by atoms with E-state index in [9.17, 15) is 4.79 Å². The predicted octanol–water partition coefficient (Wildman–Crippen LogP) is 1.29. The number of carbonyl (C=O) groups is 1. The van der Waals surface area contributed by atoms with Crippen LogP contribution in [-0.2, 0) is 27.4 Å². The van der Waals surface area contributed by atoms with Crippen molar-refractivity contribution in [3.05, 3.63) is 35.4 Å². The lowest BCUT2D eigenvalue weighted by Gasteiger charge is -2.35. The first kappa shape index (κ1) is 19.3. The highest BCUT2D eigenvalue weighted by Crippen LogP contribution is 2.17. The summed E-state index contributed by atoms with van der Waals surface area (Å²) in [4.78, 5) is 14.9. The number of nitrogens with one attached hydrogen (secondary N) is 2. The Morgan fingerprint density at radius 1 is 1.19 bits per heavy atom. The molecule has 1 aromatic carbocycles. The van der Waals surface area contributed by atoms with Crippen LogP contribution in [0, 0.1) is 0 Å². The molecule has 0 bridgehead atoms. The van der Waals surface area contributed by atoms with Crippen LogP contribution >= 0.6 is 0 Å². The van der Waals surface area contributed by atoms with Gasteiger partial charge < -0.3 is 20.1 Å². The van der Waals surface area contributed by atoms with Gasteiger partial charge in [0.25, 0.3) is 0 Å². The van der Waals surface area contributed by atoms with Gasteiger partial charge >= 0.3 is 0 Å². The Hall–Kier alpha value is -1.47. The van der Waals surface area contributed by atoms with Gasteiger partial charge in [-0.05, 0) is 31.9 Å². The summed E-state index contributed by atoms with van der Waals surface area (Å²) in [5, 5.41) is 6.31. The fourth-order valence-electron chi connectivity index (χ4n) is 3.86. The summed E-state index contributed by atoms with van der Waals surface area (Å²) in [7, 11) is 0. The van der Waals surface area contributed by atoms with Crippen LogP contribution in [0.3, 0.4) is 0 Å². The van der Waals surface area contributed by atoms with Gasteiger partial charge in [0.05, 0.1) is 24.9 Å². The fraction of sp³-hybridized carbons (Fsp3) is 0.650. The van der Waals surface area contributed by atoms with E-state index in [2.05, 4.69) is 47.6 Å². The number of hydrogen-bond acceptors (Lipinski definition) is 5. The molecule has 0 spiro atoms. The average molecular weight is 361 g/mol. The maximum atomic E-state index is 12.5. The number of amides is 1. The summed E-state index contributed by atoms with van der Waals surface area (Å²) < 4.78 is 11.4. The molecular weight excluding hydrogens is 330 g/mol. The molecule has 144 valence electrons. The van der Waals surface area contributed by atoms with Gasteiger partial charge in [0, 0.05) is 32.7 Å². The van der Waals surface area contributed by atoms with Crippen LogP contribution in [0.1, 0.15) is 31.9 Å². The summed E-state index contributed by atoms with van der Waals surface area (Å²) in [6.07, 6.45) is 0.407. The lowest BCUT2D eigenvalue weighted by molar-refractivity contribution is -0.129. The normalized spacial score (nSPS) is 30.1. The van der Waals surface area contributed by atoms with E-state index in [4.69, 9.17) is 9.47 Å². The molecular formula is C20H31N3O3. The Morgan fingerprint density at radius 3 is 2.58 bits per heavy atom. The summed E-state index contributed by atoms with van der Waals surface area (Å²) in [6, 6.07) is 8.05. The van der Waals surface area contributed by atoms with E-state index in [1.54, 1.807) is 0 Å². The van der Waals surface area contributed by atoms with Gasteiger partial charge in [-0.15, -0.1) is 0 Å². The number of benzene rings is 1. The van der Waals surface area contributed by atoms with E-state index in [-0.39, 0.29) is 30.3 Å². The fourth-order valence-corrected chi connectivity index (χ4v) is 3.86. The quantitative estimate of drug-likeness (QED) is 0.828. The van der Waals surface area contributed by atoms with Crippen molar-refractivity contribution in [1.82, 2.24) is 15.5 Å². The van der Waals surface area contributed by atoms with Crippen molar-refractivity contribution in [2.75, 3.05) is 26.2 Å². The Labute approximate surface area is 156 Å². The van der Waals surface area contributed by atoms with Gasteiger partial charge in [0.15, 0.2) is 0 Å². The monoisotopic (exact) mass is 361 g/mol. The van der Waals surface area contributed by atoms with Crippen molar-refractivity contribution in [2.24, 2.45) is 0 Å². The molecule has 6 nitrogen and oxygen atoms in total. The van der Waals surface area contributed by atoms with E-state index in [0.29, 0.717) is 19.7 Å². The van der Waals surface area contributed by atoms with Gasteiger partial charge in [-0.1, -0.05) is 24.3 Å². The molecule has 2 fully saturated rings. The number of carbonyl (C=O) groups excluding carboxylic acids is 1. The second kappa shape index (κ2) is 8.95. The van der Waals surface area contributed by atoms with Gasteiger partial charge in [0.1, 0.15) is 6.04 Å². The number of ether oxygens (including phenoxy) is 2. The standard InChI is InChI=1S/C20H31N3O3/c1-14-11-23(12-15(2)26-14)13-18-7-5-4-6-17(18)10-22-20(24)19-16(3)25-9-8-21-19/h4-7,14-16,19,21H,8-13H2,1-3H3,(H,22,24)/t14?,15?,16-,19+/m1/s1. The van der Waals surface area contributed by atoms with Crippen LogP contribution < -0.4 is 10.6 Å². The highest BCUT2D eigenvalue weighted by molar-refractivity contribution is 5.82. The smallest absolute Gasteiger partial charge is 0.240 e. The Morgan fingerprint density at radius 2 is 1.88 bits per heavy atom. The van der Waals surface area contributed by atoms with E-state index >= 15 is 0 Å². The van der Waals surface area contributed by atoms with Crippen molar-refractivity contribution in [2.45, 2.75) is 58.2 Å². The molecule has 2 N–H and O–H groups in total. The summed E-state index contributed by atoms with van der Waals surface area (Å²) >= 11 is 0. The predicted molar refractivity (Wildman–Crippen MR) is 101 cm³/mol. The molecule has 3 rings (SSSR count). The number of nitrogens with zero attached hydrogens (tertiary/aromatic N) is 1. The molecule has 2 saturated heterocycles. The van der Waals surface area contributed by atoms with Crippen molar-refractivity contribution < 1.29 is 14.3 Å². The molecule has 2 unspecified atom stereocenters. The summed E-state index contributed by atoms with van der Waals surface area (Å²) in [5.74, 6) is 0.000574. The molecule has 0 aliphatic carbocycles. The minimum Gasteiger partial charge on any atom is -0.375 e. The van der Waals surface area contributed by atoms with E-state index in [1.807, 2.05) is 13.0 Å². The van der Waals surface area contributed by atoms with Gasteiger partial charge in [0.2, 0.25) is 5.91 Å². The van der Waals surface area contributed by atoms with E-state index in [0.717, 1.165) is 25.2 Å². The molecule has 26 heavy (non-hydrogen) atoms. The topological polar surface area (TPSA) is 62.8 Å². The third kappa shape index (κ3) is 5.04. The second-order valence-corrected chi connectivity index (χ2v) is 7.45. The zero-order valence-electron chi connectivity index (χ0n) is 16.0. The highest BCUT2D eigenvalue weighted by atomic mass is 16.5. The average Bonchev–Trinajstić information content (AvgIpc) is 2.60. The van der Waals surface area contributed by atoms with Crippen LogP contribution in [0.2, 0.25) is 0 Å². The molecule has 2 heterocycles. The highest BCUT2D eigenvalue weighted by Gasteiger charge is 2.28. The third-order valence-electron chi connectivity index (χ3n) is 5.06. The molecule has 1 aromatic rings. The Bertz CT molecular complexity index is 600. The zero-order valence-corrected chi connectivity index (χ0v) is 16.0. The maximum Gasteiger partial charge on any atom is 0.240 e. The van der Waals surface area contributed by atoms with Gasteiger partial charge in [-0.2, -0.15) is 0 Å². The largest absolute Gasteiger partial charge is 0.375 e. The number of hydrogen-bond donors (Lipinski definition) is 2. The molecule has 2 aliphatic rings. The summed E-state index contributed by atoms with van der Waals surface area (Å²) in [5.41, 5.74) is 2.42. The van der Waals surface area contributed by atoms with E-state index < -0.39 is 0 Å². The van der Waals surface area contributed by atoms with Crippen LogP contribution in [0.5, 0.6) is 0 Å². The first-order chi connectivity index (χ1) is 12.5. The Kier molecular flexibility index (Phi) is 6.64. The molecule has 1 amide bonds. The van der Waals surface area contributed by atoms with Crippen LogP contribution in [-0.4, -0.2) is 61.4 Å². The zero-order chi connectivity index (χ0) is 18.5.